The van der Waals surface area contributed by atoms with Crippen molar-refractivity contribution in [3.05, 3.63) is 34.1 Å². The average Bonchev–Trinajstić information content (AvgIpc) is 3.08. The second kappa shape index (κ2) is 6.58. The van der Waals surface area contributed by atoms with Crippen molar-refractivity contribution < 1.29 is 9.32 Å². The predicted octanol–water partition coefficient (Wildman–Crippen LogP) is 2.24. The minimum absolute atomic E-state index is 0.0539. The second-order valence-corrected chi connectivity index (χ2v) is 6.38. The van der Waals surface area contributed by atoms with Gasteiger partial charge in [-0.1, -0.05) is 5.16 Å². The highest BCUT2D eigenvalue weighted by atomic mass is 32.1. The van der Waals surface area contributed by atoms with Gasteiger partial charge in [0.15, 0.2) is 5.82 Å². The second-order valence-electron chi connectivity index (χ2n) is 5.60. The number of amides is 1. The van der Waals surface area contributed by atoms with Crippen molar-refractivity contribution in [1.82, 2.24) is 19.9 Å². The Kier molecular flexibility index (Phi) is 4.54. The molecule has 1 saturated heterocycles. The average molecular weight is 320 g/mol. The molecule has 2 aromatic rings. The monoisotopic (exact) mass is 320 g/mol. The predicted molar refractivity (Wildman–Crippen MR) is 83.4 cm³/mol. The van der Waals surface area contributed by atoms with E-state index in [9.17, 15) is 4.79 Å². The quantitative estimate of drug-likeness (QED) is 0.868. The number of nitrogens with zero attached hydrogens (tertiary/aromatic N) is 4. The molecule has 0 N–H and O–H groups in total. The van der Waals surface area contributed by atoms with Crippen molar-refractivity contribution >= 4 is 17.2 Å². The maximum absolute atomic E-state index is 12.0. The summed E-state index contributed by atoms with van der Waals surface area (Å²) in [5, 5.41) is 8.13. The van der Waals surface area contributed by atoms with E-state index in [0.717, 1.165) is 26.1 Å². The van der Waals surface area contributed by atoms with Crippen LogP contribution in [0.3, 0.4) is 0 Å². The van der Waals surface area contributed by atoms with E-state index in [1.165, 1.54) is 5.56 Å². The molecule has 6 nitrogen and oxygen atoms in total. The first-order valence-electron chi connectivity index (χ1n) is 7.44. The number of carbonyl (C=O) groups is 1. The lowest BCUT2D eigenvalue weighted by atomic mass is 10.1. The third kappa shape index (κ3) is 3.36. The zero-order valence-electron chi connectivity index (χ0n) is 12.9. The molecule has 2 aromatic heterocycles. The van der Waals surface area contributed by atoms with E-state index in [1.54, 1.807) is 25.2 Å². The lowest BCUT2D eigenvalue weighted by Gasteiger charge is -2.25. The van der Waals surface area contributed by atoms with Crippen LogP contribution in [-0.4, -0.2) is 45.5 Å². The van der Waals surface area contributed by atoms with Gasteiger partial charge in [0, 0.05) is 33.1 Å². The summed E-state index contributed by atoms with van der Waals surface area (Å²) >= 11 is 1.71. The first kappa shape index (κ1) is 15.2. The van der Waals surface area contributed by atoms with E-state index < -0.39 is 0 Å². The van der Waals surface area contributed by atoms with Crippen molar-refractivity contribution in [1.29, 1.82) is 0 Å². The van der Waals surface area contributed by atoms with Gasteiger partial charge in [0.2, 0.25) is 11.8 Å². The summed E-state index contributed by atoms with van der Waals surface area (Å²) in [6.45, 7) is 6.77. The summed E-state index contributed by atoms with van der Waals surface area (Å²) < 4.78 is 5.31. The molecule has 0 saturated carbocycles. The summed E-state index contributed by atoms with van der Waals surface area (Å²) in [7, 11) is 0. The highest BCUT2D eigenvalue weighted by Crippen LogP contribution is 2.26. The van der Waals surface area contributed by atoms with Gasteiger partial charge in [-0.25, -0.2) is 0 Å². The molecule has 1 atom stereocenters. The summed E-state index contributed by atoms with van der Waals surface area (Å²) in [5.74, 6) is 1.21. The van der Waals surface area contributed by atoms with Gasteiger partial charge < -0.3 is 9.42 Å². The molecule has 1 fully saturated rings. The van der Waals surface area contributed by atoms with Crippen LogP contribution in [0.25, 0.3) is 0 Å². The van der Waals surface area contributed by atoms with Crippen LogP contribution < -0.4 is 0 Å². The molecule has 22 heavy (non-hydrogen) atoms. The number of carbonyl (C=O) groups excluding carboxylic acids is 1. The Bertz CT molecular complexity index is 625. The van der Waals surface area contributed by atoms with E-state index in [0.29, 0.717) is 18.3 Å². The first-order chi connectivity index (χ1) is 10.6. The van der Waals surface area contributed by atoms with Gasteiger partial charge in [-0.3, -0.25) is 9.69 Å². The van der Waals surface area contributed by atoms with Gasteiger partial charge in [-0.05, 0) is 35.7 Å². The number of aromatic nitrogens is 2. The normalized spacial score (nSPS) is 20.1. The first-order valence-corrected chi connectivity index (χ1v) is 8.38. The molecule has 0 spiro atoms. The van der Waals surface area contributed by atoms with Crippen molar-refractivity contribution in [3.8, 4) is 0 Å². The fourth-order valence-electron chi connectivity index (χ4n) is 2.86. The Hall–Kier alpha value is -1.73. The van der Waals surface area contributed by atoms with Crippen LogP contribution in [0.2, 0.25) is 0 Å². The van der Waals surface area contributed by atoms with Crippen molar-refractivity contribution in [2.45, 2.75) is 32.9 Å². The van der Waals surface area contributed by atoms with Crippen LogP contribution >= 0.6 is 11.3 Å². The van der Waals surface area contributed by atoms with Crippen LogP contribution in [0.4, 0.5) is 0 Å². The minimum atomic E-state index is -0.119. The molecular formula is C15H20N4O2S. The van der Waals surface area contributed by atoms with Crippen LogP contribution in [0, 0.1) is 6.92 Å². The number of thiophene rings is 1. The highest BCUT2D eigenvalue weighted by Gasteiger charge is 2.31. The zero-order chi connectivity index (χ0) is 15.5. The van der Waals surface area contributed by atoms with Crippen LogP contribution in [-0.2, 0) is 11.3 Å². The Labute approximate surface area is 133 Å². The van der Waals surface area contributed by atoms with Crippen LogP contribution in [0.5, 0.6) is 0 Å². The molecule has 3 heterocycles. The SMILES string of the molecule is CC(=O)N1CCN(Cc2ccsc2)CCC1c1nc(C)no1. The molecule has 3 rings (SSSR count). The van der Waals surface area contributed by atoms with Gasteiger partial charge in [0.05, 0.1) is 0 Å². The van der Waals surface area contributed by atoms with E-state index in [2.05, 4.69) is 31.9 Å². The lowest BCUT2D eigenvalue weighted by Crippen LogP contribution is -2.35. The van der Waals surface area contributed by atoms with E-state index >= 15 is 0 Å². The number of aryl methyl sites for hydroxylation is 1. The topological polar surface area (TPSA) is 62.5 Å². The molecule has 0 radical (unpaired) electrons. The number of hydrogen-bond donors (Lipinski definition) is 0. The van der Waals surface area contributed by atoms with E-state index in [4.69, 9.17) is 4.52 Å². The molecule has 0 aliphatic carbocycles. The summed E-state index contributed by atoms with van der Waals surface area (Å²) in [6, 6.07) is 2.03. The van der Waals surface area contributed by atoms with E-state index in [1.807, 2.05) is 4.90 Å². The number of rotatable bonds is 3. The molecule has 1 aliphatic heterocycles. The summed E-state index contributed by atoms with van der Waals surface area (Å²) in [5.41, 5.74) is 1.33. The summed E-state index contributed by atoms with van der Waals surface area (Å²) in [6.07, 6.45) is 0.811. The van der Waals surface area contributed by atoms with Gasteiger partial charge in [-0.15, -0.1) is 0 Å². The largest absolute Gasteiger partial charge is 0.337 e. The zero-order valence-corrected chi connectivity index (χ0v) is 13.7. The molecule has 1 unspecified atom stereocenters. The third-order valence-electron chi connectivity index (χ3n) is 3.97. The van der Waals surface area contributed by atoms with Gasteiger partial charge in [0.1, 0.15) is 6.04 Å². The molecule has 0 aromatic carbocycles. The van der Waals surface area contributed by atoms with Crippen molar-refractivity contribution in [2.75, 3.05) is 19.6 Å². The lowest BCUT2D eigenvalue weighted by molar-refractivity contribution is -0.131. The molecular weight excluding hydrogens is 300 g/mol. The molecule has 1 aliphatic rings. The van der Waals surface area contributed by atoms with Crippen molar-refractivity contribution in [2.24, 2.45) is 0 Å². The Morgan fingerprint density at radius 1 is 1.45 bits per heavy atom. The maximum Gasteiger partial charge on any atom is 0.249 e. The molecule has 7 heteroatoms. The fraction of sp³-hybridized carbons (Fsp3) is 0.533. The number of hydrogen-bond acceptors (Lipinski definition) is 6. The van der Waals surface area contributed by atoms with E-state index in [-0.39, 0.29) is 11.9 Å². The van der Waals surface area contributed by atoms with Gasteiger partial charge in [-0.2, -0.15) is 16.3 Å². The summed E-state index contributed by atoms with van der Waals surface area (Å²) in [4.78, 5) is 20.5. The Balaban J connectivity index is 1.74. The Morgan fingerprint density at radius 3 is 2.95 bits per heavy atom. The Morgan fingerprint density at radius 2 is 2.32 bits per heavy atom. The third-order valence-corrected chi connectivity index (χ3v) is 4.70. The highest BCUT2D eigenvalue weighted by molar-refractivity contribution is 7.07. The minimum Gasteiger partial charge on any atom is -0.337 e. The fourth-order valence-corrected chi connectivity index (χ4v) is 3.52. The molecule has 118 valence electrons. The van der Waals surface area contributed by atoms with Crippen LogP contribution in [0.15, 0.2) is 21.3 Å². The molecule has 1 amide bonds. The maximum atomic E-state index is 12.0. The van der Waals surface area contributed by atoms with Crippen LogP contribution in [0.1, 0.15) is 36.7 Å². The standard InChI is InChI=1S/C15H20N4O2S/c1-11-16-15(21-17-11)14-3-5-18(6-7-19(14)12(2)20)9-13-4-8-22-10-13/h4,8,10,14H,3,5-7,9H2,1-2H3. The van der Waals surface area contributed by atoms with Gasteiger partial charge >= 0.3 is 0 Å². The molecule has 0 bridgehead atoms. The van der Waals surface area contributed by atoms with Crippen molar-refractivity contribution in [3.63, 3.8) is 0 Å². The smallest absolute Gasteiger partial charge is 0.249 e. The van der Waals surface area contributed by atoms with Gasteiger partial charge in [0.25, 0.3) is 0 Å².